The number of amides is 1. The maximum Gasteiger partial charge on any atom is 0.326 e. The van der Waals surface area contributed by atoms with E-state index in [-0.39, 0.29) is 6.42 Å². The molecule has 0 aliphatic carbocycles. The van der Waals surface area contributed by atoms with E-state index in [9.17, 15) is 14.7 Å². The van der Waals surface area contributed by atoms with Crippen LogP contribution < -0.4 is 5.32 Å². The number of benzene rings is 2. The Morgan fingerprint density at radius 3 is 2.44 bits per heavy atom. The van der Waals surface area contributed by atoms with Gasteiger partial charge in [-0.15, -0.1) is 0 Å². The van der Waals surface area contributed by atoms with Crippen molar-refractivity contribution in [3.8, 4) is 0 Å². The van der Waals surface area contributed by atoms with Crippen LogP contribution in [0.5, 0.6) is 0 Å². The Labute approximate surface area is 204 Å². The van der Waals surface area contributed by atoms with Crippen molar-refractivity contribution in [2.24, 2.45) is 0 Å². The van der Waals surface area contributed by atoms with Crippen molar-refractivity contribution in [1.29, 1.82) is 0 Å². The molecule has 0 bridgehead atoms. The maximum absolute atomic E-state index is 12.7. The molecule has 7 nitrogen and oxygen atoms in total. The SMILES string of the molecule is CCCCc1nc(Cl)c(COC)n1Cc1ccc(C(=O)N[C@H](Cc2ccccc2)C(=O)O)cc1. The number of halogens is 1. The topological polar surface area (TPSA) is 93.5 Å². The average molecular weight is 484 g/mol. The zero-order valence-corrected chi connectivity index (χ0v) is 20.2. The van der Waals surface area contributed by atoms with Gasteiger partial charge in [-0.1, -0.05) is 67.4 Å². The van der Waals surface area contributed by atoms with Gasteiger partial charge in [-0.3, -0.25) is 4.79 Å². The summed E-state index contributed by atoms with van der Waals surface area (Å²) in [7, 11) is 1.62. The molecular formula is C26H30ClN3O4. The molecule has 0 fully saturated rings. The third-order valence-electron chi connectivity index (χ3n) is 5.58. The van der Waals surface area contributed by atoms with Crippen molar-refractivity contribution in [2.45, 2.75) is 51.8 Å². The molecule has 0 aliphatic heterocycles. The highest BCUT2D eigenvalue weighted by molar-refractivity contribution is 6.30. The molecule has 0 spiro atoms. The number of aryl methyl sites for hydroxylation is 1. The molecule has 0 saturated heterocycles. The average Bonchev–Trinajstić information content (AvgIpc) is 3.12. The van der Waals surface area contributed by atoms with Crippen molar-refractivity contribution in [3.63, 3.8) is 0 Å². The van der Waals surface area contributed by atoms with Gasteiger partial charge in [0.15, 0.2) is 5.15 Å². The summed E-state index contributed by atoms with van der Waals surface area (Å²) in [4.78, 5) is 28.9. The predicted octanol–water partition coefficient (Wildman–Crippen LogP) is 4.50. The van der Waals surface area contributed by atoms with Crippen molar-refractivity contribution < 1.29 is 19.4 Å². The van der Waals surface area contributed by atoms with Crippen molar-refractivity contribution in [1.82, 2.24) is 14.9 Å². The van der Waals surface area contributed by atoms with Crippen LogP contribution in [-0.2, 0) is 35.5 Å². The number of carboxylic acids is 1. The number of aromatic nitrogens is 2. The largest absolute Gasteiger partial charge is 0.480 e. The molecule has 0 saturated carbocycles. The smallest absolute Gasteiger partial charge is 0.326 e. The summed E-state index contributed by atoms with van der Waals surface area (Å²) in [6, 6.07) is 15.3. The number of carboxylic acid groups (broad SMARTS) is 1. The Hall–Kier alpha value is -3.16. The Kier molecular flexibility index (Phi) is 9.24. The predicted molar refractivity (Wildman–Crippen MR) is 131 cm³/mol. The van der Waals surface area contributed by atoms with Crippen LogP contribution in [0.2, 0.25) is 5.15 Å². The van der Waals surface area contributed by atoms with Gasteiger partial charge in [0.05, 0.1) is 12.3 Å². The van der Waals surface area contributed by atoms with Gasteiger partial charge in [-0.05, 0) is 29.7 Å². The number of hydrogen-bond acceptors (Lipinski definition) is 4. The second-order valence-corrected chi connectivity index (χ2v) is 8.50. The molecule has 0 unspecified atom stereocenters. The number of hydrogen-bond donors (Lipinski definition) is 2. The molecule has 1 heterocycles. The zero-order valence-electron chi connectivity index (χ0n) is 19.5. The van der Waals surface area contributed by atoms with Crippen LogP contribution in [0, 0.1) is 0 Å². The fourth-order valence-corrected chi connectivity index (χ4v) is 3.98. The van der Waals surface area contributed by atoms with Gasteiger partial charge in [0.2, 0.25) is 0 Å². The van der Waals surface area contributed by atoms with Gasteiger partial charge in [0.1, 0.15) is 11.9 Å². The molecule has 1 aromatic heterocycles. The standard InChI is InChI=1S/C26H30ClN3O4/c1-3-4-10-23-29-24(27)22(17-34-2)30(23)16-19-11-13-20(14-12-19)25(31)28-21(26(32)33)15-18-8-6-5-7-9-18/h5-9,11-14,21H,3-4,10,15-17H2,1-2H3,(H,28,31)(H,32,33)/t21-/m1/s1. The molecule has 0 radical (unpaired) electrons. The lowest BCUT2D eigenvalue weighted by Crippen LogP contribution is -2.42. The first-order valence-corrected chi connectivity index (χ1v) is 11.7. The first-order chi connectivity index (χ1) is 16.4. The Balaban J connectivity index is 1.72. The number of ether oxygens (including phenoxy) is 1. The summed E-state index contributed by atoms with van der Waals surface area (Å²) in [6.45, 7) is 3.03. The molecule has 34 heavy (non-hydrogen) atoms. The normalized spacial score (nSPS) is 11.9. The van der Waals surface area contributed by atoms with E-state index in [1.165, 1.54) is 0 Å². The highest BCUT2D eigenvalue weighted by Crippen LogP contribution is 2.22. The van der Waals surface area contributed by atoms with Crippen LogP contribution in [0.3, 0.4) is 0 Å². The van der Waals surface area contributed by atoms with Crippen LogP contribution in [0.15, 0.2) is 54.6 Å². The summed E-state index contributed by atoms with van der Waals surface area (Å²) in [5, 5.41) is 12.6. The minimum Gasteiger partial charge on any atom is -0.480 e. The van der Waals surface area contributed by atoms with Gasteiger partial charge < -0.3 is 19.7 Å². The number of aliphatic carboxylic acids is 1. The molecule has 8 heteroatoms. The van der Waals surface area contributed by atoms with E-state index in [1.54, 1.807) is 19.2 Å². The van der Waals surface area contributed by atoms with E-state index < -0.39 is 17.9 Å². The van der Waals surface area contributed by atoms with E-state index in [4.69, 9.17) is 16.3 Å². The van der Waals surface area contributed by atoms with Gasteiger partial charge in [-0.25, -0.2) is 9.78 Å². The number of carbonyl (C=O) groups excluding carboxylic acids is 1. The zero-order chi connectivity index (χ0) is 24.5. The molecule has 0 aliphatic rings. The fraction of sp³-hybridized carbons (Fsp3) is 0.346. The molecule has 2 aromatic carbocycles. The minimum atomic E-state index is -1.07. The van der Waals surface area contributed by atoms with Crippen molar-refractivity contribution in [3.05, 3.63) is 88.0 Å². The second-order valence-electron chi connectivity index (χ2n) is 8.14. The van der Waals surface area contributed by atoms with E-state index in [1.807, 2.05) is 42.5 Å². The number of rotatable bonds is 12. The van der Waals surface area contributed by atoms with E-state index in [0.29, 0.717) is 23.9 Å². The highest BCUT2D eigenvalue weighted by Gasteiger charge is 2.21. The number of methoxy groups -OCH3 is 1. The third kappa shape index (κ3) is 6.68. The lowest BCUT2D eigenvalue weighted by atomic mass is 10.1. The number of unbranched alkanes of at least 4 members (excludes halogenated alkanes) is 1. The number of carbonyl (C=O) groups is 2. The van der Waals surface area contributed by atoms with E-state index in [2.05, 4.69) is 21.8 Å². The quantitative estimate of drug-likeness (QED) is 0.395. The molecule has 3 rings (SSSR count). The summed E-state index contributed by atoms with van der Waals surface area (Å²) in [5.74, 6) is -0.591. The monoisotopic (exact) mass is 483 g/mol. The van der Waals surface area contributed by atoms with Gasteiger partial charge in [0.25, 0.3) is 5.91 Å². The van der Waals surface area contributed by atoms with Crippen LogP contribution in [0.25, 0.3) is 0 Å². The third-order valence-corrected chi connectivity index (χ3v) is 5.88. The van der Waals surface area contributed by atoms with Gasteiger partial charge >= 0.3 is 5.97 Å². The molecule has 180 valence electrons. The van der Waals surface area contributed by atoms with Gasteiger partial charge in [0, 0.05) is 32.1 Å². The lowest BCUT2D eigenvalue weighted by molar-refractivity contribution is -0.139. The van der Waals surface area contributed by atoms with Crippen LogP contribution in [0.1, 0.15) is 52.8 Å². The molecular weight excluding hydrogens is 454 g/mol. The minimum absolute atomic E-state index is 0.212. The molecule has 1 atom stereocenters. The molecule has 3 aromatic rings. The van der Waals surface area contributed by atoms with Crippen molar-refractivity contribution >= 4 is 23.5 Å². The summed E-state index contributed by atoms with van der Waals surface area (Å²) < 4.78 is 7.37. The first-order valence-electron chi connectivity index (χ1n) is 11.3. The van der Waals surface area contributed by atoms with Crippen molar-refractivity contribution in [2.75, 3.05) is 7.11 Å². The van der Waals surface area contributed by atoms with Crippen LogP contribution in [0.4, 0.5) is 0 Å². The van der Waals surface area contributed by atoms with E-state index >= 15 is 0 Å². The molecule has 1 amide bonds. The maximum atomic E-state index is 12.7. The highest BCUT2D eigenvalue weighted by atomic mass is 35.5. The Morgan fingerprint density at radius 2 is 1.82 bits per heavy atom. The summed E-state index contributed by atoms with van der Waals surface area (Å²) in [6.07, 6.45) is 3.09. The number of nitrogens with zero attached hydrogens (tertiary/aromatic N) is 2. The summed E-state index contributed by atoms with van der Waals surface area (Å²) >= 11 is 6.36. The van der Waals surface area contributed by atoms with Crippen LogP contribution in [-0.4, -0.2) is 39.7 Å². The number of imidazole rings is 1. The first kappa shape index (κ1) is 25.5. The lowest BCUT2D eigenvalue weighted by Gasteiger charge is -2.15. The van der Waals surface area contributed by atoms with Crippen LogP contribution >= 0.6 is 11.6 Å². The molecule has 2 N–H and O–H groups in total. The second kappa shape index (κ2) is 12.3. The number of nitrogens with one attached hydrogen (secondary N) is 1. The Bertz CT molecular complexity index is 1100. The Morgan fingerprint density at radius 1 is 1.12 bits per heavy atom. The van der Waals surface area contributed by atoms with Gasteiger partial charge in [-0.2, -0.15) is 0 Å². The fourth-order valence-electron chi connectivity index (χ4n) is 3.73. The van der Waals surface area contributed by atoms with E-state index in [0.717, 1.165) is 41.9 Å². The summed E-state index contributed by atoms with van der Waals surface area (Å²) in [5.41, 5.74) is 3.03.